The van der Waals surface area contributed by atoms with Crippen molar-refractivity contribution in [1.82, 2.24) is 0 Å². The summed E-state index contributed by atoms with van der Waals surface area (Å²) in [7, 11) is 0. The number of carbonyl (C=O) groups excluding carboxylic acids is 1. The van der Waals surface area contributed by atoms with Crippen LogP contribution >= 0.6 is 0 Å². The van der Waals surface area contributed by atoms with Crippen LogP contribution < -0.4 is 0 Å². The third-order valence-corrected chi connectivity index (χ3v) is 2.75. The monoisotopic (exact) mass is 172 g/mol. The van der Waals surface area contributed by atoms with E-state index in [1.54, 1.807) is 0 Å². The highest BCUT2D eigenvalue weighted by atomic mass is 16.5. The van der Waals surface area contributed by atoms with Gasteiger partial charge < -0.3 is 4.74 Å². The van der Waals surface area contributed by atoms with E-state index in [0.717, 1.165) is 6.42 Å². The summed E-state index contributed by atoms with van der Waals surface area (Å²) < 4.78 is 5.02. The van der Waals surface area contributed by atoms with Gasteiger partial charge in [0.15, 0.2) is 0 Å². The quantitative estimate of drug-likeness (QED) is 0.609. The van der Waals surface area contributed by atoms with Gasteiger partial charge in [0, 0.05) is 0 Å². The standard InChI is InChI=1S/C10H20O2/c1-6-10(5,8(3)4)9(11)12-7-2/h8H,6-7H2,1-5H3/t10-/m1/s1. The SMILES string of the molecule is CCOC(=O)[C@](C)(CC)C(C)C. The first-order valence-electron chi connectivity index (χ1n) is 4.66. The van der Waals surface area contributed by atoms with Gasteiger partial charge in [0.2, 0.25) is 0 Å². The van der Waals surface area contributed by atoms with Crippen molar-refractivity contribution in [3.05, 3.63) is 0 Å². The predicted molar refractivity (Wildman–Crippen MR) is 49.9 cm³/mol. The zero-order chi connectivity index (χ0) is 9.78. The molecule has 0 aromatic rings. The molecule has 0 heterocycles. The predicted octanol–water partition coefficient (Wildman–Crippen LogP) is 2.62. The van der Waals surface area contributed by atoms with Gasteiger partial charge in [-0.05, 0) is 26.2 Å². The van der Waals surface area contributed by atoms with Crippen molar-refractivity contribution >= 4 is 5.97 Å². The van der Waals surface area contributed by atoms with Crippen LogP contribution in [-0.2, 0) is 9.53 Å². The Morgan fingerprint density at radius 3 is 2.17 bits per heavy atom. The van der Waals surface area contributed by atoms with E-state index in [1.165, 1.54) is 0 Å². The van der Waals surface area contributed by atoms with Crippen LogP contribution in [0.3, 0.4) is 0 Å². The Balaban J connectivity index is 4.40. The molecule has 0 saturated heterocycles. The summed E-state index contributed by atoms with van der Waals surface area (Å²) in [4.78, 5) is 11.5. The molecular formula is C10H20O2. The Bertz CT molecular complexity index is 152. The van der Waals surface area contributed by atoms with Crippen LogP contribution in [-0.4, -0.2) is 12.6 Å². The fourth-order valence-corrected chi connectivity index (χ4v) is 1.08. The summed E-state index contributed by atoms with van der Waals surface area (Å²) in [6.07, 6.45) is 0.837. The molecule has 2 heteroatoms. The van der Waals surface area contributed by atoms with Crippen molar-refractivity contribution in [3.63, 3.8) is 0 Å². The van der Waals surface area contributed by atoms with Crippen molar-refractivity contribution in [2.45, 2.75) is 41.0 Å². The first-order valence-corrected chi connectivity index (χ1v) is 4.66. The van der Waals surface area contributed by atoms with E-state index in [2.05, 4.69) is 13.8 Å². The minimum atomic E-state index is -0.310. The Labute approximate surface area is 75.3 Å². The highest BCUT2D eigenvalue weighted by Crippen LogP contribution is 2.31. The van der Waals surface area contributed by atoms with Crippen LogP contribution in [0.4, 0.5) is 0 Å². The lowest BCUT2D eigenvalue weighted by molar-refractivity contribution is -0.157. The molecule has 72 valence electrons. The van der Waals surface area contributed by atoms with Crippen molar-refractivity contribution in [2.75, 3.05) is 6.61 Å². The number of hydrogen-bond acceptors (Lipinski definition) is 2. The van der Waals surface area contributed by atoms with Gasteiger partial charge >= 0.3 is 5.97 Å². The van der Waals surface area contributed by atoms with Crippen LogP contribution in [0.5, 0.6) is 0 Å². The Hall–Kier alpha value is -0.530. The van der Waals surface area contributed by atoms with Gasteiger partial charge in [-0.15, -0.1) is 0 Å². The molecule has 0 rings (SSSR count). The molecule has 0 radical (unpaired) electrons. The lowest BCUT2D eigenvalue weighted by atomic mass is 9.77. The molecule has 0 aliphatic carbocycles. The van der Waals surface area contributed by atoms with Crippen molar-refractivity contribution in [2.24, 2.45) is 11.3 Å². The second-order valence-electron chi connectivity index (χ2n) is 3.65. The fraction of sp³-hybridized carbons (Fsp3) is 0.900. The normalized spacial score (nSPS) is 15.8. The maximum absolute atomic E-state index is 11.5. The van der Waals surface area contributed by atoms with E-state index < -0.39 is 0 Å². The van der Waals surface area contributed by atoms with Gasteiger partial charge in [-0.25, -0.2) is 0 Å². The molecule has 0 aromatic carbocycles. The fourth-order valence-electron chi connectivity index (χ4n) is 1.08. The van der Waals surface area contributed by atoms with Crippen LogP contribution in [0.2, 0.25) is 0 Å². The summed E-state index contributed by atoms with van der Waals surface area (Å²) in [5.41, 5.74) is -0.310. The highest BCUT2D eigenvalue weighted by Gasteiger charge is 2.35. The van der Waals surface area contributed by atoms with Crippen molar-refractivity contribution in [1.29, 1.82) is 0 Å². The lowest BCUT2D eigenvalue weighted by Gasteiger charge is -2.29. The third-order valence-electron chi connectivity index (χ3n) is 2.75. The first kappa shape index (κ1) is 11.5. The summed E-state index contributed by atoms with van der Waals surface area (Å²) in [6, 6.07) is 0. The molecule has 0 aliphatic rings. The minimum absolute atomic E-state index is 0.0671. The summed E-state index contributed by atoms with van der Waals surface area (Å²) in [6.45, 7) is 10.4. The average molecular weight is 172 g/mol. The number of ether oxygens (including phenoxy) is 1. The minimum Gasteiger partial charge on any atom is -0.466 e. The molecular weight excluding hydrogens is 152 g/mol. The van der Waals surface area contributed by atoms with E-state index in [0.29, 0.717) is 12.5 Å². The van der Waals surface area contributed by atoms with Gasteiger partial charge in [-0.1, -0.05) is 20.8 Å². The van der Waals surface area contributed by atoms with E-state index in [4.69, 9.17) is 4.74 Å². The molecule has 0 spiro atoms. The third kappa shape index (κ3) is 2.23. The zero-order valence-electron chi connectivity index (χ0n) is 8.81. The van der Waals surface area contributed by atoms with Crippen molar-refractivity contribution < 1.29 is 9.53 Å². The molecule has 0 amide bonds. The molecule has 0 N–H and O–H groups in total. The van der Waals surface area contributed by atoms with Gasteiger partial charge in [0.05, 0.1) is 12.0 Å². The van der Waals surface area contributed by atoms with E-state index >= 15 is 0 Å². The van der Waals surface area contributed by atoms with Crippen molar-refractivity contribution in [3.8, 4) is 0 Å². The molecule has 0 aliphatic heterocycles. The topological polar surface area (TPSA) is 26.3 Å². The molecule has 12 heavy (non-hydrogen) atoms. The number of hydrogen-bond donors (Lipinski definition) is 0. The molecule has 2 nitrogen and oxygen atoms in total. The summed E-state index contributed by atoms with van der Waals surface area (Å²) in [5, 5.41) is 0. The maximum Gasteiger partial charge on any atom is 0.312 e. The Morgan fingerprint density at radius 2 is 1.92 bits per heavy atom. The second kappa shape index (κ2) is 4.48. The van der Waals surface area contributed by atoms with Crippen LogP contribution in [0.15, 0.2) is 0 Å². The second-order valence-corrected chi connectivity index (χ2v) is 3.65. The van der Waals surface area contributed by atoms with Gasteiger partial charge in [0.25, 0.3) is 0 Å². The smallest absolute Gasteiger partial charge is 0.312 e. The molecule has 1 atom stereocenters. The van der Waals surface area contributed by atoms with Gasteiger partial charge in [0.1, 0.15) is 0 Å². The first-order chi connectivity index (χ1) is 5.49. The number of rotatable bonds is 4. The van der Waals surface area contributed by atoms with Crippen LogP contribution in [0, 0.1) is 11.3 Å². The molecule has 0 fully saturated rings. The van der Waals surface area contributed by atoms with E-state index in [1.807, 2.05) is 20.8 Å². The highest BCUT2D eigenvalue weighted by molar-refractivity contribution is 5.76. The maximum atomic E-state index is 11.5. The summed E-state index contributed by atoms with van der Waals surface area (Å²) >= 11 is 0. The Morgan fingerprint density at radius 1 is 1.42 bits per heavy atom. The van der Waals surface area contributed by atoms with Crippen LogP contribution in [0.1, 0.15) is 41.0 Å². The van der Waals surface area contributed by atoms with Gasteiger partial charge in [-0.2, -0.15) is 0 Å². The zero-order valence-corrected chi connectivity index (χ0v) is 8.81. The number of esters is 1. The summed E-state index contributed by atoms with van der Waals surface area (Å²) in [5.74, 6) is 0.268. The average Bonchev–Trinajstić information content (AvgIpc) is 2.03. The Kier molecular flexibility index (Phi) is 4.29. The molecule has 0 aromatic heterocycles. The van der Waals surface area contributed by atoms with Crippen LogP contribution in [0.25, 0.3) is 0 Å². The molecule has 0 saturated carbocycles. The molecule has 0 bridgehead atoms. The van der Waals surface area contributed by atoms with E-state index in [-0.39, 0.29) is 11.4 Å². The largest absolute Gasteiger partial charge is 0.466 e. The molecule has 0 unspecified atom stereocenters. The van der Waals surface area contributed by atoms with Gasteiger partial charge in [-0.3, -0.25) is 4.79 Å². The number of carbonyl (C=O) groups is 1. The van der Waals surface area contributed by atoms with E-state index in [9.17, 15) is 4.79 Å². The lowest BCUT2D eigenvalue weighted by Crippen LogP contribution is -2.34.